The van der Waals surface area contributed by atoms with Crippen molar-refractivity contribution in [2.45, 2.75) is 98.1 Å². The van der Waals surface area contributed by atoms with E-state index in [0.717, 1.165) is 38.5 Å². The van der Waals surface area contributed by atoms with Gasteiger partial charge < -0.3 is 18.2 Å². The van der Waals surface area contributed by atoms with Crippen LogP contribution in [0.25, 0.3) is 6.08 Å². The molecular weight excluding hydrogens is 617 g/mol. The van der Waals surface area contributed by atoms with Gasteiger partial charge in [0.2, 0.25) is 5.85 Å². The van der Waals surface area contributed by atoms with Gasteiger partial charge in [0, 0.05) is 24.0 Å². The lowest BCUT2D eigenvalue weighted by atomic mass is 9.76. The van der Waals surface area contributed by atoms with Crippen LogP contribution in [0.3, 0.4) is 0 Å². The van der Waals surface area contributed by atoms with Gasteiger partial charge in [-0.25, -0.2) is 4.79 Å². The number of carbonyl (C=O) groups excluding carboxylic acids is 1. The Morgan fingerprint density at radius 2 is 1.57 bits per heavy atom. The van der Waals surface area contributed by atoms with Crippen LogP contribution in [0.4, 0.5) is 0 Å². The van der Waals surface area contributed by atoms with Gasteiger partial charge in [0.25, 0.3) is 0 Å². The fraction of sp³-hybridized carbons (Fsp3) is 0.636. The first-order chi connectivity index (χ1) is 19.9. The van der Waals surface area contributed by atoms with E-state index in [9.17, 15) is 4.79 Å². The topological polar surface area (TPSA) is 87.9 Å². The minimum atomic E-state index is -4.07. The number of aromatic nitrogens is 1. The minimum Gasteiger partial charge on any atom is -0.450 e. The fourth-order valence-electron chi connectivity index (χ4n) is 6.20. The van der Waals surface area contributed by atoms with Crippen LogP contribution in [-0.2, 0) is 23.1 Å². The molecule has 0 bridgehead atoms. The molecule has 2 heterocycles. The fourth-order valence-corrected chi connectivity index (χ4v) is 8.88. The molecule has 4 rings (SSSR count). The van der Waals surface area contributed by atoms with Crippen molar-refractivity contribution in [2.24, 2.45) is 35.5 Å². The lowest BCUT2D eigenvalue weighted by Gasteiger charge is -2.42. The lowest BCUT2D eigenvalue weighted by Crippen LogP contribution is -2.35. The van der Waals surface area contributed by atoms with Crippen molar-refractivity contribution in [3.63, 3.8) is 0 Å². The van der Waals surface area contributed by atoms with Crippen molar-refractivity contribution < 1.29 is 27.6 Å². The van der Waals surface area contributed by atoms with Crippen LogP contribution < -0.4 is 0 Å². The van der Waals surface area contributed by atoms with Gasteiger partial charge in [0.05, 0.1) is 12.2 Å². The number of halogens is 1. The Hall–Kier alpha value is -1.73. The third kappa shape index (κ3) is 8.68. The molecule has 7 nitrogen and oxygen atoms in total. The van der Waals surface area contributed by atoms with E-state index in [4.69, 9.17) is 18.2 Å². The van der Waals surface area contributed by atoms with Crippen molar-refractivity contribution in [3.8, 4) is 0 Å². The number of pyridine rings is 1. The summed E-state index contributed by atoms with van der Waals surface area (Å²) in [6.07, 6.45) is 11.3. The van der Waals surface area contributed by atoms with Crippen molar-refractivity contribution in [3.05, 3.63) is 58.7 Å². The molecule has 0 spiro atoms. The Balaban J connectivity index is 1.69. The smallest absolute Gasteiger partial charge is 0.376 e. The first-order valence-electron chi connectivity index (χ1n) is 15.5. The van der Waals surface area contributed by atoms with Crippen LogP contribution in [0.15, 0.2) is 51.8 Å². The Kier molecular flexibility index (Phi) is 11.7. The van der Waals surface area contributed by atoms with E-state index in [1.54, 1.807) is 36.7 Å². The number of rotatable bonds is 11. The van der Waals surface area contributed by atoms with Gasteiger partial charge in [-0.05, 0) is 114 Å². The predicted octanol–water partition coefficient (Wildman–Crippen LogP) is 9.84. The molecule has 232 valence electrons. The maximum atomic E-state index is 15.3. The molecule has 2 aliphatic carbocycles. The van der Waals surface area contributed by atoms with Crippen molar-refractivity contribution in [1.82, 2.24) is 4.98 Å². The van der Waals surface area contributed by atoms with E-state index in [1.807, 2.05) is 0 Å². The molecular formula is C33H47BrNO6P. The van der Waals surface area contributed by atoms with Crippen LogP contribution in [0.1, 0.15) is 97.2 Å². The first kappa shape index (κ1) is 33.2. The van der Waals surface area contributed by atoms with Gasteiger partial charge in [-0.3, -0.25) is 9.55 Å². The second-order valence-electron chi connectivity index (χ2n) is 13.0. The van der Waals surface area contributed by atoms with E-state index < -0.39 is 19.4 Å². The quantitative estimate of drug-likeness (QED) is 0.134. The second-order valence-corrected chi connectivity index (χ2v) is 15.7. The summed E-state index contributed by atoms with van der Waals surface area (Å²) in [6, 6.07) is 6.98. The monoisotopic (exact) mass is 663 g/mol. The minimum absolute atomic E-state index is 0.201. The van der Waals surface area contributed by atoms with Gasteiger partial charge >= 0.3 is 13.6 Å². The number of furan rings is 1. The average molecular weight is 665 g/mol. The number of carbonyl (C=O) groups is 1. The van der Waals surface area contributed by atoms with Crippen molar-refractivity contribution in [2.75, 3.05) is 0 Å². The summed E-state index contributed by atoms with van der Waals surface area (Å²) in [7, 11) is -4.07. The van der Waals surface area contributed by atoms with E-state index >= 15 is 4.57 Å². The average Bonchev–Trinajstić information content (AvgIpc) is 3.38. The number of nitrogens with zero attached hydrogens (tertiary/aromatic N) is 1. The summed E-state index contributed by atoms with van der Waals surface area (Å²) >= 11 is 3.27. The summed E-state index contributed by atoms with van der Waals surface area (Å²) in [5, 5.41) is 0. The summed E-state index contributed by atoms with van der Waals surface area (Å²) in [5.74, 6) is 0.877. The molecule has 0 aliphatic heterocycles. The zero-order valence-electron chi connectivity index (χ0n) is 25.8. The van der Waals surface area contributed by atoms with Gasteiger partial charge in [-0.15, -0.1) is 0 Å². The van der Waals surface area contributed by atoms with E-state index in [2.05, 4.69) is 62.5 Å². The summed E-state index contributed by atoms with van der Waals surface area (Å²) < 4.78 is 40.7. The Labute approximate surface area is 259 Å². The molecule has 0 amide bonds. The normalized spacial score (nSPS) is 27.9. The number of esters is 1. The SMILES string of the molecule is CC(C)[C@@H]1CC[C@H](C)[C@H](OP(=O)(O[C@@H]2C[C@H](C(C)C)CC[C@@H]2C)[C@@H](OC(=O)/C=C/c2ccc(Br)o2)c2cccnc2)C1. The van der Waals surface area contributed by atoms with Gasteiger partial charge in [0.15, 0.2) is 4.67 Å². The molecule has 2 fully saturated rings. The van der Waals surface area contributed by atoms with E-state index in [-0.39, 0.29) is 24.0 Å². The molecule has 0 N–H and O–H groups in total. The summed E-state index contributed by atoms with van der Waals surface area (Å²) in [6.45, 7) is 13.2. The number of hydrogen-bond donors (Lipinski definition) is 0. The zero-order chi connectivity index (χ0) is 30.4. The highest BCUT2D eigenvalue weighted by Crippen LogP contribution is 2.65. The Morgan fingerprint density at radius 1 is 0.976 bits per heavy atom. The van der Waals surface area contributed by atoms with E-state index in [1.165, 1.54) is 12.2 Å². The first-order valence-corrected chi connectivity index (χ1v) is 17.9. The molecule has 2 aromatic heterocycles. The third-order valence-electron chi connectivity index (χ3n) is 9.24. The van der Waals surface area contributed by atoms with Crippen LogP contribution in [0.5, 0.6) is 0 Å². The molecule has 0 saturated heterocycles. The van der Waals surface area contributed by atoms with Gasteiger partial charge in [-0.1, -0.05) is 47.6 Å². The van der Waals surface area contributed by atoms with Crippen LogP contribution in [0, 0.1) is 35.5 Å². The highest BCUT2D eigenvalue weighted by Gasteiger charge is 2.48. The maximum absolute atomic E-state index is 15.3. The highest BCUT2D eigenvalue weighted by atomic mass is 79.9. The molecule has 42 heavy (non-hydrogen) atoms. The van der Waals surface area contributed by atoms with Crippen LogP contribution in [-0.4, -0.2) is 23.2 Å². The van der Waals surface area contributed by atoms with Crippen molar-refractivity contribution >= 4 is 35.6 Å². The highest BCUT2D eigenvalue weighted by molar-refractivity contribution is 9.10. The Morgan fingerprint density at radius 3 is 2.05 bits per heavy atom. The van der Waals surface area contributed by atoms with E-state index in [0.29, 0.717) is 39.7 Å². The molecule has 0 aromatic carbocycles. The molecule has 9 heteroatoms. The zero-order valence-corrected chi connectivity index (χ0v) is 28.3. The van der Waals surface area contributed by atoms with Gasteiger partial charge in [-0.2, -0.15) is 0 Å². The molecule has 0 unspecified atom stereocenters. The number of ether oxygens (including phenoxy) is 1. The molecule has 2 saturated carbocycles. The molecule has 2 aliphatic rings. The second kappa shape index (κ2) is 14.8. The number of hydrogen-bond acceptors (Lipinski definition) is 7. The van der Waals surface area contributed by atoms with Gasteiger partial charge in [0.1, 0.15) is 5.76 Å². The van der Waals surface area contributed by atoms with Crippen LogP contribution in [0.2, 0.25) is 0 Å². The molecule has 0 radical (unpaired) electrons. The van der Waals surface area contributed by atoms with Crippen LogP contribution >= 0.6 is 23.5 Å². The summed E-state index contributed by atoms with van der Waals surface area (Å²) in [5.41, 5.74) is 0.482. The standard InChI is InChI=1S/C33H47BrNO6P/c1-21(2)25-11-9-23(5)29(18-25)40-42(37,41-30-19-26(22(3)4)12-10-24(30)6)33(27-8-7-17-35-20-27)39-32(36)16-14-28-13-15-31(34)38-28/h7-8,13-17,20-26,29-30,33H,9-12,18-19H2,1-6H3/b16-14+/t23-,24-,25+,26+,29+,30+,33+/m0/s1. The third-order valence-corrected chi connectivity index (χ3v) is 11.8. The summed E-state index contributed by atoms with van der Waals surface area (Å²) in [4.78, 5) is 17.5. The predicted molar refractivity (Wildman–Crippen MR) is 169 cm³/mol. The Bertz CT molecular complexity index is 1190. The molecule has 7 atom stereocenters. The largest absolute Gasteiger partial charge is 0.450 e. The molecule has 2 aromatic rings. The lowest BCUT2D eigenvalue weighted by molar-refractivity contribution is -0.141. The van der Waals surface area contributed by atoms with Crippen molar-refractivity contribution in [1.29, 1.82) is 0 Å². The maximum Gasteiger partial charge on any atom is 0.376 e.